The fourth-order valence-corrected chi connectivity index (χ4v) is 3.00. The molecule has 1 aliphatic rings. The lowest BCUT2D eigenvalue weighted by Crippen LogP contribution is -2.41. The van der Waals surface area contributed by atoms with E-state index >= 15 is 0 Å². The molecular weight excluding hydrogens is 246 g/mol. The molecule has 4 heteroatoms. The van der Waals surface area contributed by atoms with Crippen molar-refractivity contribution in [3.05, 3.63) is 11.6 Å². The van der Waals surface area contributed by atoms with Crippen LogP contribution in [0.3, 0.4) is 0 Å². The second kappa shape index (κ2) is 6.50. The Morgan fingerprint density at radius 1 is 1.39 bits per heavy atom. The zero-order valence-electron chi connectivity index (χ0n) is 12.1. The van der Waals surface area contributed by atoms with Crippen molar-refractivity contribution in [2.45, 2.75) is 59.1 Å². The van der Waals surface area contributed by atoms with E-state index in [2.05, 4.69) is 30.4 Å². The number of carbonyl (C=O) groups is 1. The van der Waals surface area contributed by atoms with Gasteiger partial charge < -0.3 is 9.64 Å². The molecule has 0 bridgehead atoms. The minimum Gasteiger partial charge on any atom is -0.460 e. The fraction of sp³-hybridized carbons (Fsp3) is 0.786. The van der Waals surface area contributed by atoms with Crippen molar-refractivity contribution in [2.75, 3.05) is 5.88 Å². The summed E-state index contributed by atoms with van der Waals surface area (Å²) in [5, 5.41) is 2.09. The van der Waals surface area contributed by atoms with Gasteiger partial charge in [0.25, 0.3) is 0 Å². The van der Waals surface area contributed by atoms with Crippen molar-refractivity contribution in [1.82, 2.24) is 4.90 Å². The monoisotopic (exact) mass is 271 g/mol. The summed E-state index contributed by atoms with van der Waals surface area (Å²) in [6.07, 6.45) is 3.87. The summed E-state index contributed by atoms with van der Waals surface area (Å²) >= 11 is 1.77. The molecule has 104 valence electrons. The maximum atomic E-state index is 12.3. The number of rotatable bonds is 5. The third kappa shape index (κ3) is 4.23. The van der Waals surface area contributed by atoms with Gasteiger partial charge in [0, 0.05) is 12.2 Å². The lowest BCUT2D eigenvalue weighted by atomic mass is 9.93. The molecule has 0 radical (unpaired) electrons. The van der Waals surface area contributed by atoms with Crippen LogP contribution in [0.1, 0.15) is 47.5 Å². The van der Waals surface area contributed by atoms with Crippen molar-refractivity contribution < 1.29 is 9.53 Å². The first-order chi connectivity index (χ1) is 8.39. The molecule has 2 unspecified atom stereocenters. The van der Waals surface area contributed by atoms with Gasteiger partial charge in [0.15, 0.2) is 0 Å². The van der Waals surface area contributed by atoms with Crippen LogP contribution in [0, 0.1) is 5.92 Å². The van der Waals surface area contributed by atoms with Crippen molar-refractivity contribution in [3.63, 3.8) is 0 Å². The van der Waals surface area contributed by atoms with Crippen LogP contribution in [0.4, 0.5) is 0 Å². The highest BCUT2D eigenvalue weighted by Crippen LogP contribution is 2.27. The van der Waals surface area contributed by atoms with E-state index in [9.17, 15) is 4.79 Å². The predicted molar refractivity (Wildman–Crippen MR) is 77.1 cm³/mol. The van der Waals surface area contributed by atoms with Gasteiger partial charge in [0.1, 0.15) is 5.60 Å². The van der Waals surface area contributed by atoms with E-state index in [0.29, 0.717) is 0 Å². The number of hydrogen-bond acceptors (Lipinski definition) is 4. The predicted octanol–water partition coefficient (Wildman–Crippen LogP) is 3.61. The number of hydrogen-bond donors (Lipinski definition) is 0. The van der Waals surface area contributed by atoms with E-state index in [1.54, 1.807) is 11.8 Å². The molecule has 18 heavy (non-hydrogen) atoms. The molecule has 0 aromatic rings. The molecule has 0 amide bonds. The van der Waals surface area contributed by atoms with Gasteiger partial charge in [-0.15, -0.1) is 11.8 Å². The zero-order chi connectivity index (χ0) is 13.8. The van der Waals surface area contributed by atoms with Crippen LogP contribution in [0.15, 0.2) is 11.6 Å². The molecule has 1 aliphatic heterocycles. The molecule has 3 nitrogen and oxygen atoms in total. The van der Waals surface area contributed by atoms with E-state index in [1.165, 1.54) is 0 Å². The minimum absolute atomic E-state index is 0.0439. The second-order valence-electron chi connectivity index (χ2n) is 5.62. The first kappa shape index (κ1) is 15.4. The van der Waals surface area contributed by atoms with Crippen LogP contribution in [0.2, 0.25) is 0 Å². The fourth-order valence-electron chi connectivity index (χ4n) is 2.22. The Hall–Kier alpha value is -0.640. The second-order valence-corrected chi connectivity index (χ2v) is 6.48. The Balaban J connectivity index is 2.73. The largest absolute Gasteiger partial charge is 0.460 e. The molecule has 0 saturated carbocycles. The quantitative estimate of drug-likeness (QED) is 0.714. The Labute approximate surface area is 115 Å². The Kier molecular flexibility index (Phi) is 5.57. The first-order valence-corrected chi connectivity index (χ1v) is 7.70. The van der Waals surface area contributed by atoms with Gasteiger partial charge in [-0.3, -0.25) is 4.79 Å². The SMILES string of the molecule is CCC(C(=O)OC(C)(C)C)C(CC)N1C=CSC1. The van der Waals surface area contributed by atoms with Crippen molar-refractivity contribution in [2.24, 2.45) is 5.92 Å². The molecule has 0 aromatic heterocycles. The van der Waals surface area contributed by atoms with Crippen LogP contribution in [-0.2, 0) is 9.53 Å². The van der Waals surface area contributed by atoms with E-state index in [0.717, 1.165) is 18.7 Å². The molecule has 1 rings (SSSR count). The summed E-state index contributed by atoms with van der Waals surface area (Å²) in [6, 6.07) is 0.246. The molecule has 0 N–H and O–H groups in total. The highest BCUT2D eigenvalue weighted by atomic mass is 32.2. The van der Waals surface area contributed by atoms with Crippen LogP contribution in [0.5, 0.6) is 0 Å². The Bertz CT molecular complexity index is 309. The maximum Gasteiger partial charge on any atom is 0.311 e. The van der Waals surface area contributed by atoms with Crippen LogP contribution in [-0.4, -0.2) is 28.4 Å². The van der Waals surface area contributed by atoms with Gasteiger partial charge in [0.2, 0.25) is 0 Å². The zero-order valence-corrected chi connectivity index (χ0v) is 12.9. The first-order valence-electron chi connectivity index (χ1n) is 6.66. The molecular formula is C14H25NO2S. The third-order valence-electron chi connectivity index (χ3n) is 3.03. The number of ether oxygens (including phenoxy) is 1. The van der Waals surface area contributed by atoms with Crippen molar-refractivity contribution >= 4 is 17.7 Å². The van der Waals surface area contributed by atoms with Gasteiger partial charge in [0.05, 0.1) is 11.8 Å². The van der Waals surface area contributed by atoms with Crippen LogP contribution < -0.4 is 0 Å². The number of thioether (sulfide) groups is 1. The Morgan fingerprint density at radius 2 is 2.06 bits per heavy atom. The normalized spacial score (nSPS) is 18.8. The Morgan fingerprint density at radius 3 is 2.44 bits per heavy atom. The average Bonchev–Trinajstić information content (AvgIpc) is 2.75. The highest BCUT2D eigenvalue weighted by Gasteiger charge is 2.33. The van der Waals surface area contributed by atoms with Gasteiger partial charge in [-0.1, -0.05) is 13.8 Å². The van der Waals surface area contributed by atoms with Crippen molar-refractivity contribution in [3.8, 4) is 0 Å². The minimum atomic E-state index is -0.404. The molecule has 0 aliphatic carbocycles. The molecule has 0 spiro atoms. The van der Waals surface area contributed by atoms with Crippen LogP contribution in [0.25, 0.3) is 0 Å². The number of nitrogens with zero attached hydrogens (tertiary/aromatic N) is 1. The summed E-state index contributed by atoms with van der Waals surface area (Å²) in [5.41, 5.74) is -0.404. The standard InChI is InChI=1S/C14H25NO2S/c1-6-11(13(16)17-14(3,4)5)12(7-2)15-8-9-18-10-15/h8-9,11-12H,6-7,10H2,1-5H3. The summed E-state index contributed by atoms with van der Waals surface area (Å²) in [6.45, 7) is 9.96. The number of esters is 1. The molecule has 0 saturated heterocycles. The summed E-state index contributed by atoms with van der Waals surface area (Å²) in [7, 11) is 0. The highest BCUT2D eigenvalue weighted by molar-refractivity contribution is 8.02. The van der Waals surface area contributed by atoms with Gasteiger partial charge in [-0.2, -0.15) is 0 Å². The molecule has 2 atom stereocenters. The molecule has 1 heterocycles. The molecule has 0 fully saturated rings. The summed E-state index contributed by atoms with van der Waals surface area (Å²) in [5.74, 6) is 0.831. The average molecular weight is 271 g/mol. The third-order valence-corrected chi connectivity index (χ3v) is 3.79. The van der Waals surface area contributed by atoms with Gasteiger partial charge in [-0.25, -0.2) is 0 Å². The smallest absolute Gasteiger partial charge is 0.311 e. The number of carbonyl (C=O) groups excluding carboxylic acids is 1. The maximum absolute atomic E-state index is 12.3. The van der Waals surface area contributed by atoms with Gasteiger partial charge in [-0.05, 0) is 39.0 Å². The van der Waals surface area contributed by atoms with Crippen molar-refractivity contribution in [1.29, 1.82) is 0 Å². The van der Waals surface area contributed by atoms with Crippen LogP contribution >= 0.6 is 11.8 Å². The van der Waals surface area contributed by atoms with E-state index < -0.39 is 5.60 Å². The van der Waals surface area contributed by atoms with E-state index in [4.69, 9.17) is 4.74 Å². The summed E-state index contributed by atoms with van der Waals surface area (Å²) in [4.78, 5) is 14.5. The van der Waals surface area contributed by atoms with E-state index in [1.807, 2.05) is 20.8 Å². The lowest BCUT2D eigenvalue weighted by molar-refractivity contribution is -0.162. The van der Waals surface area contributed by atoms with E-state index in [-0.39, 0.29) is 17.9 Å². The summed E-state index contributed by atoms with van der Waals surface area (Å²) < 4.78 is 5.54. The molecule has 0 aromatic carbocycles. The lowest BCUT2D eigenvalue weighted by Gasteiger charge is -2.33. The van der Waals surface area contributed by atoms with Gasteiger partial charge >= 0.3 is 5.97 Å². The topological polar surface area (TPSA) is 29.5 Å².